The Labute approximate surface area is 68.2 Å². The summed E-state index contributed by atoms with van der Waals surface area (Å²) in [6.45, 7) is 0. The van der Waals surface area contributed by atoms with Gasteiger partial charge in [-0.2, -0.15) is 0 Å². The van der Waals surface area contributed by atoms with Gasteiger partial charge in [-0.3, -0.25) is 4.98 Å². The molecule has 0 aromatic carbocycles. The van der Waals surface area contributed by atoms with Crippen molar-refractivity contribution < 1.29 is 10.0 Å². The predicted octanol–water partition coefficient (Wildman–Crippen LogP) is -1.36. The van der Waals surface area contributed by atoms with Gasteiger partial charge in [0.15, 0.2) is 0 Å². The molecule has 3 N–H and O–H groups in total. The first kappa shape index (κ1) is 7.26. The lowest BCUT2D eigenvalue weighted by atomic mass is 9.91. The molecule has 0 unspecified atom stereocenters. The molecule has 2 aromatic heterocycles. The molecule has 2 heterocycles. The summed E-state index contributed by atoms with van der Waals surface area (Å²) in [5, 5.41) is 17.5. The molecule has 0 saturated carbocycles. The molecule has 0 aliphatic heterocycles. The second-order valence-corrected chi connectivity index (χ2v) is 2.39. The lowest BCUT2D eigenvalue weighted by molar-refractivity contribution is 0.423. The van der Waals surface area contributed by atoms with Crippen LogP contribution in [0.3, 0.4) is 0 Å². The largest absolute Gasteiger partial charge is 0.526 e. The lowest BCUT2D eigenvalue weighted by Gasteiger charge is -1.87. The van der Waals surface area contributed by atoms with E-state index in [0.29, 0.717) is 11.0 Å². The highest BCUT2D eigenvalue weighted by molar-refractivity contribution is 6.56. The Kier molecular flexibility index (Phi) is 1.56. The van der Waals surface area contributed by atoms with Crippen LogP contribution in [0.15, 0.2) is 18.5 Å². The monoisotopic (exact) mass is 163 g/mol. The summed E-state index contributed by atoms with van der Waals surface area (Å²) in [5.74, 6) is 0. The number of fused-ring (bicyclic) bond motifs is 1. The van der Waals surface area contributed by atoms with Crippen LogP contribution < -0.4 is 5.72 Å². The molecule has 60 valence electrons. The van der Waals surface area contributed by atoms with Gasteiger partial charge in [0.25, 0.3) is 0 Å². The molecule has 0 radical (unpaired) electrons. The Morgan fingerprint density at radius 2 is 2.25 bits per heavy atom. The van der Waals surface area contributed by atoms with Crippen LogP contribution in [0.4, 0.5) is 0 Å². The van der Waals surface area contributed by atoms with Gasteiger partial charge in [0, 0.05) is 6.20 Å². The number of nitrogens with zero attached hydrogens (tertiary/aromatic N) is 2. The van der Waals surface area contributed by atoms with Crippen molar-refractivity contribution in [1.82, 2.24) is 15.0 Å². The number of rotatable bonds is 1. The minimum atomic E-state index is -1.56. The molecule has 0 spiro atoms. The maximum atomic E-state index is 8.77. The minimum absolute atomic E-state index is 0.137. The predicted molar refractivity (Wildman–Crippen MR) is 43.7 cm³/mol. The van der Waals surface area contributed by atoms with Gasteiger partial charge in [0.2, 0.25) is 0 Å². The molecular formula is C6H6BN3O2. The highest BCUT2D eigenvalue weighted by Gasteiger charge is 2.15. The average Bonchev–Trinajstić information content (AvgIpc) is 2.46. The van der Waals surface area contributed by atoms with Crippen molar-refractivity contribution in [3.05, 3.63) is 18.5 Å². The Morgan fingerprint density at radius 1 is 1.42 bits per heavy atom. The van der Waals surface area contributed by atoms with Crippen LogP contribution in [-0.2, 0) is 0 Å². The normalized spacial score (nSPS) is 10.5. The topological polar surface area (TPSA) is 82.0 Å². The lowest BCUT2D eigenvalue weighted by Crippen LogP contribution is -2.33. The number of nitrogens with one attached hydrogen (secondary N) is 1. The fourth-order valence-electron chi connectivity index (χ4n) is 0.999. The SMILES string of the molecule is OB(O)c1nc2ccncc2[nH]1. The van der Waals surface area contributed by atoms with Crippen LogP contribution in [0.2, 0.25) is 0 Å². The van der Waals surface area contributed by atoms with Crippen molar-refractivity contribution in [3.63, 3.8) is 0 Å². The molecule has 12 heavy (non-hydrogen) atoms. The average molecular weight is 163 g/mol. The van der Waals surface area contributed by atoms with Crippen molar-refractivity contribution in [2.24, 2.45) is 0 Å². The molecule has 0 saturated heterocycles. The Hall–Kier alpha value is -1.40. The third-order valence-electron chi connectivity index (χ3n) is 1.55. The molecule has 0 aliphatic carbocycles. The summed E-state index contributed by atoms with van der Waals surface area (Å²) in [4.78, 5) is 10.5. The number of hydrogen-bond donors (Lipinski definition) is 3. The molecular weight excluding hydrogens is 157 g/mol. The van der Waals surface area contributed by atoms with E-state index in [4.69, 9.17) is 10.0 Å². The molecule has 0 aliphatic rings. The quantitative estimate of drug-likeness (QED) is 0.453. The summed E-state index contributed by atoms with van der Waals surface area (Å²) in [6.07, 6.45) is 3.17. The van der Waals surface area contributed by atoms with E-state index in [1.165, 1.54) is 0 Å². The summed E-state index contributed by atoms with van der Waals surface area (Å²) in [6, 6.07) is 1.69. The zero-order valence-corrected chi connectivity index (χ0v) is 6.10. The number of H-pyrrole nitrogens is 1. The van der Waals surface area contributed by atoms with Gasteiger partial charge in [-0.05, 0) is 6.07 Å². The van der Waals surface area contributed by atoms with E-state index in [9.17, 15) is 0 Å². The van der Waals surface area contributed by atoms with Crippen LogP contribution in [0.25, 0.3) is 11.0 Å². The molecule has 5 nitrogen and oxygen atoms in total. The van der Waals surface area contributed by atoms with Gasteiger partial charge in [-0.15, -0.1) is 0 Å². The van der Waals surface area contributed by atoms with Crippen LogP contribution in [-0.4, -0.2) is 32.1 Å². The highest BCUT2D eigenvalue weighted by atomic mass is 16.4. The second-order valence-electron chi connectivity index (χ2n) is 2.39. The van der Waals surface area contributed by atoms with Gasteiger partial charge in [0.1, 0.15) is 5.72 Å². The van der Waals surface area contributed by atoms with Crippen LogP contribution >= 0.6 is 0 Å². The zero-order valence-electron chi connectivity index (χ0n) is 6.10. The Bertz CT molecular complexity index is 367. The second kappa shape index (κ2) is 2.58. The van der Waals surface area contributed by atoms with Gasteiger partial charge in [-0.1, -0.05) is 0 Å². The maximum absolute atomic E-state index is 8.77. The fourth-order valence-corrected chi connectivity index (χ4v) is 0.999. The number of hydrogen-bond acceptors (Lipinski definition) is 4. The molecule has 0 amide bonds. The molecule has 2 aromatic rings. The Morgan fingerprint density at radius 3 is 2.92 bits per heavy atom. The van der Waals surface area contributed by atoms with Gasteiger partial charge in [-0.25, -0.2) is 4.98 Å². The van der Waals surface area contributed by atoms with Gasteiger partial charge >= 0.3 is 7.12 Å². The van der Waals surface area contributed by atoms with Crippen LogP contribution in [0.1, 0.15) is 0 Å². The fraction of sp³-hybridized carbons (Fsp3) is 0. The van der Waals surface area contributed by atoms with Crippen molar-refractivity contribution >= 4 is 23.9 Å². The van der Waals surface area contributed by atoms with Crippen LogP contribution in [0, 0.1) is 0 Å². The van der Waals surface area contributed by atoms with E-state index in [0.717, 1.165) is 0 Å². The van der Waals surface area contributed by atoms with Gasteiger partial charge < -0.3 is 15.0 Å². The summed E-state index contributed by atoms with van der Waals surface area (Å²) in [7, 11) is -1.56. The molecule has 0 fully saturated rings. The Balaban J connectivity index is 2.62. The minimum Gasteiger partial charge on any atom is -0.421 e. The number of pyridine rings is 1. The van der Waals surface area contributed by atoms with E-state index in [-0.39, 0.29) is 5.72 Å². The van der Waals surface area contributed by atoms with Gasteiger partial charge in [0.05, 0.1) is 17.2 Å². The van der Waals surface area contributed by atoms with E-state index in [1.807, 2.05) is 0 Å². The molecule has 0 bridgehead atoms. The summed E-state index contributed by atoms with van der Waals surface area (Å²) < 4.78 is 0. The first-order valence-electron chi connectivity index (χ1n) is 3.43. The van der Waals surface area contributed by atoms with E-state index >= 15 is 0 Å². The van der Waals surface area contributed by atoms with Crippen molar-refractivity contribution in [2.45, 2.75) is 0 Å². The van der Waals surface area contributed by atoms with E-state index in [2.05, 4.69) is 15.0 Å². The maximum Gasteiger partial charge on any atom is 0.526 e. The first-order valence-corrected chi connectivity index (χ1v) is 3.43. The number of aromatic nitrogens is 3. The van der Waals surface area contributed by atoms with E-state index in [1.54, 1.807) is 18.5 Å². The van der Waals surface area contributed by atoms with Crippen molar-refractivity contribution in [3.8, 4) is 0 Å². The summed E-state index contributed by atoms with van der Waals surface area (Å²) in [5.41, 5.74) is 1.51. The van der Waals surface area contributed by atoms with Crippen molar-refractivity contribution in [2.75, 3.05) is 0 Å². The number of imidazole rings is 1. The molecule has 2 rings (SSSR count). The third kappa shape index (κ3) is 1.07. The molecule has 0 atom stereocenters. The zero-order chi connectivity index (χ0) is 8.55. The molecule has 6 heteroatoms. The standard InChI is InChI=1S/C6H6BN3O2/c11-7(12)6-9-4-1-2-8-3-5(4)10-6/h1-3,11-12H,(H,9,10). The first-order chi connectivity index (χ1) is 5.77. The van der Waals surface area contributed by atoms with E-state index < -0.39 is 7.12 Å². The van der Waals surface area contributed by atoms with Crippen LogP contribution in [0.5, 0.6) is 0 Å². The smallest absolute Gasteiger partial charge is 0.421 e. The number of aromatic amines is 1. The van der Waals surface area contributed by atoms with Crippen molar-refractivity contribution in [1.29, 1.82) is 0 Å². The highest BCUT2D eigenvalue weighted by Crippen LogP contribution is 2.02. The summed E-state index contributed by atoms with van der Waals surface area (Å²) >= 11 is 0. The third-order valence-corrected chi connectivity index (χ3v) is 1.55.